The molecule has 1 aliphatic rings. The number of nitrogens with one attached hydrogen (secondary N) is 1. The number of carboxylic acid groups (broad SMARTS) is 1. The molecule has 0 bridgehead atoms. The van der Waals surface area contributed by atoms with Crippen LogP contribution in [0, 0.1) is 19.7 Å². The summed E-state index contributed by atoms with van der Waals surface area (Å²) in [4.78, 5) is 23.5. The van der Waals surface area contributed by atoms with Crippen LogP contribution >= 0.6 is 0 Å². The maximum Gasteiger partial charge on any atom is 0.490 e. The Morgan fingerprint density at radius 2 is 1.66 bits per heavy atom. The van der Waals surface area contributed by atoms with Gasteiger partial charge in [-0.25, -0.2) is 28.8 Å². The molecule has 0 atom stereocenters. The number of carbonyl (C=O) groups is 1. The second-order valence-electron chi connectivity index (χ2n) is 9.34. The van der Waals surface area contributed by atoms with Gasteiger partial charge in [-0.1, -0.05) is 0 Å². The van der Waals surface area contributed by atoms with E-state index in [-0.39, 0.29) is 11.6 Å². The molecule has 0 aliphatic carbocycles. The SMILES string of the molecule is Cc1nc(C)n(-c2ccc(Nc3nccc(-c4cc(N5CCOCC5)cc(C(F)(F)F)c4)n3)cc2F)n1.O=C(O)C(F)(F)F. The van der Waals surface area contributed by atoms with E-state index < -0.39 is 29.7 Å². The minimum Gasteiger partial charge on any atom is -0.475 e. The molecule has 2 N–H and O–H groups in total. The fourth-order valence-corrected chi connectivity index (χ4v) is 4.14. The summed E-state index contributed by atoms with van der Waals surface area (Å²) < 4.78 is 94.4. The Bertz CT molecular complexity index is 1640. The molecule has 2 aromatic carbocycles. The molecular weight excluding hydrogens is 603 g/mol. The van der Waals surface area contributed by atoms with Gasteiger partial charge < -0.3 is 20.1 Å². The number of nitrogens with zero attached hydrogens (tertiary/aromatic N) is 6. The van der Waals surface area contributed by atoms with Gasteiger partial charge >= 0.3 is 18.3 Å². The predicted octanol–water partition coefficient (Wildman–Crippen LogP) is 5.71. The summed E-state index contributed by atoms with van der Waals surface area (Å²) in [6.07, 6.45) is -8.17. The fraction of sp³-hybridized carbons (Fsp3) is 0.296. The van der Waals surface area contributed by atoms with Crippen LogP contribution < -0.4 is 10.2 Å². The van der Waals surface area contributed by atoms with Crippen LogP contribution in [-0.2, 0) is 15.7 Å². The van der Waals surface area contributed by atoms with Crippen LogP contribution in [0.5, 0.6) is 0 Å². The number of carboxylic acids is 1. The highest BCUT2D eigenvalue weighted by molar-refractivity contribution is 5.73. The van der Waals surface area contributed by atoms with E-state index >= 15 is 0 Å². The molecule has 0 radical (unpaired) electrons. The van der Waals surface area contributed by atoms with E-state index in [9.17, 15) is 30.7 Å². The molecule has 4 aromatic rings. The van der Waals surface area contributed by atoms with Gasteiger partial charge in [0.15, 0.2) is 5.82 Å². The maximum atomic E-state index is 14.9. The number of anilines is 3. The van der Waals surface area contributed by atoms with Crippen molar-refractivity contribution in [2.45, 2.75) is 26.2 Å². The molecule has 10 nitrogen and oxygen atoms in total. The zero-order valence-corrected chi connectivity index (χ0v) is 23.0. The Morgan fingerprint density at radius 3 is 2.23 bits per heavy atom. The largest absolute Gasteiger partial charge is 0.490 e. The number of hydrogen-bond acceptors (Lipinski definition) is 8. The monoisotopic (exact) mass is 627 g/mol. The molecule has 1 aliphatic heterocycles. The number of morpholine rings is 1. The second kappa shape index (κ2) is 12.8. The molecule has 3 heterocycles. The number of ether oxygens (including phenoxy) is 1. The number of hydrogen-bond donors (Lipinski definition) is 2. The zero-order valence-electron chi connectivity index (χ0n) is 23.0. The van der Waals surface area contributed by atoms with E-state index in [4.69, 9.17) is 14.6 Å². The maximum absolute atomic E-state index is 14.9. The van der Waals surface area contributed by atoms with Crippen molar-refractivity contribution < 1.29 is 45.4 Å². The van der Waals surface area contributed by atoms with Crippen LogP contribution in [0.25, 0.3) is 16.9 Å². The summed E-state index contributed by atoms with van der Waals surface area (Å²) in [5.74, 6) is -2.11. The third-order valence-corrected chi connectivity index (χ3v) is 6.12. The Balaban J connectivity index is 0.000000566. The number of aromatic nitrogens is 5. The summed E-state index contributed by atoms with van der Waals surface area (Å²) in [6.45, 7) is 5.31. The molecule has 1 saturated heterocycles. The van der Waals surface area contributed by atoms with E-state index in [1.807, 2.05) is 4.90 Å². The second-order valence-corrected chi connectivity index (χ2v) is 9.34. The van der Waals surface area contributed by atoms with Gasteiger partial charge in [0.05, 0.1) is 24.5 Å². The van der Waals surface area contributed by atoms with Crippen molar-refractivity contribution in [3.63, 3.8) is 0 Å². The number of aliphatic carboxylic acids is 1. The lowest BCUT2D eigenvalue weighted by atomic mass is 10.0. The van der Waals surface area contributed by atoms with Crippen LogP contribution in [0.3, 0.4) is 0 Å². The van der Waals surface area contributed by atoms with Crippen molar-refractivity contribution in [3.05, 3.63) is 71.7 Å². The molecule has 0 saturated carbocycles. The van der Waals surface area contributed by atoms with Crippen molar-refractivity contribution in [1.82, 2.24) is 24.7 Å². The summed E-state index contributed by atoms with van der Waals surface area (Å²) >= 11 is 0. The third kappa shape index (κ3) is 7.97. The number of rotatable bonds is 5. The van der Waals surface area contributed by atoms with Gasteiger partial charge in [-0.15, -0.1) is 0 Å². The van der Waals surface area contributed by atoms with Gasteiger partial charge in [0, 0.05) is 36.2 Å². The minimum atomic E-state index is -5.08. The topological polar surface area (TPSA) is 118 Å². The van der Waals surface area contributed by atoms with E-state index in [2.05, 4.69) is 25.4 Å². The molecule has 44 heavy (non-hydrogen) atoms. The summed E-state index contributed by atoms with van der Waals surface area (Å²) in [5, 5.41) is 14.2. The molecule has 1 fully saturated rings. The molecule has 2 aromatic heterocycles. The van der Waals surface area contributed by atoms with Crippen LogP contribution in [0.4, 0.5) is 48.1 Å². The number of aryl methyl sites for hydroxylation is 2. The van der Waals surface area contributed by atoms with Gasteiger partial charge in [-0.3, -0.25) is 0 Å². The fourth-order valence-electron chi connectivity index (χ4n) is 4.14. The number of alkyl halides is 6. The Hall–Kier alpha value is -4.80. The molecule has 17 heteroatoms. The first-order valence-corrected chi connectivity index (χ1v) is 12.8. The molecular formula is C27H24F7N7O3. The third-order valence-electron chi connectivity index (χ3n) is 6.12. The van der Waals surface area contributed by atoms with Crippen molar-refractivity contribution in [3.8, 4) is 16.9 Å². The van der Waals surface area contributed by atoms with Gasteiger partial charge in [-0.2, -0.15) is 31.4 Å². The smallest absolute Gasteiger partial charge is 0.475 e. The predicted molar refractivity (Wildman–Crippen MR) is 143 cm³/mol. The summed E-state index contributed by atoms with van der Waals surface area (Å²) in [5.41, 5.74) is 0.863. The highest BCUT2D eigenvalue weighted by Gasteiger charge is 2.38. The van der Waals surface area contributed by atoms with Crippen LogP contribution in [-0.4, -0.2) is 68.3 Å². The van der Waals surface area contributed by atoms with Crippen LogP contribution in [0.1, 0.15) is 17.2 Å². The Kier molecular flexibility index (Phi) is 9.36. The Morgan fingerprint density at radius 1 is 0.977 bits per heavy atom. The average molecular weight is 628 g/mol. The van der Waals surface area contributed by atoms with Crippen molar-refractivity contribution in [2.24, 2.45) is 0 Å². The van der Waals surface area contributed by atoms with Crippen molar-refractivity contribution in [1.29, 1.82) is 0 Å². The highest BCUT2D eigenvalue weighted by Crippen LogP contribution is 2.36. The van der Waals surface area contributed by atoms with E-state index in [0.717, 1.165) is 12.1 Å². The highest BCUT2D eigenvalue weighted by atomic mass is 19.4. The zero-order chi connectivity index (χ0) is 32.2. The van der Waals surface area contributed by atoms with Gasteiger partial charge in [-0.05, 0) is 56.3 Å². The molecule has 0 amide bonds. The van der Waals surface area contributed by atoms with Crippen molar-refractivity contribution >= 4 is 23.3 Å². The van der Waals surface area contributed by atoms with Gasteiger partial charge in [0.25, 0.3) is 0 Å². The standard InChI is InChI=1S/C25H23F4N7O.C2HF3O2/c1-15-31-16(2)36(34-15)23-4-3-19(14-21(23)26)32-24-30-6-5-22(33-24)17-11-18(25(27,28)29)13-20(12-17)35-7-9-37-10-8-35;3-2(4,5)1(6)7/h3-6,11-14H,7-10H2,1-2H3,(H,30,32,33);(H,6,7). The quantitative estimate of drug-likeness (QED) is 0.268. The molecule has 0 unspecified atom stereocenters. The normalized spacial score (nSPS) is 13.7. The summed E-state index contributed by atoms with van der Waals surface area (Å²) in [7, 11) is 0. The lowest BCUT2D eigenvalue weighted by Crippen LogP contribution is -2.36. The average Bonchev–Trinajstić information content (AvgIpc) is 3.30. The van der Waals surface area contributed by atoms with Gasteiger partial charge in [0.1, 0.15) is 17.3 Å². The first-order chi connectivity index (χ1) is 20.6. The van der Waals surface area contributed by atoms with Gasteiger partial charge in [0.2, 0.25) is 5.95 Å². The summed E-state index contributed by atoms with van der Waals surface area (Å²) in [6, 6.07) is 9.84. The van der Waals surface area contributed by atoms with E-state index in [1.165, 1.54) is 23.0 Å². The number of halogens is 7. The lowest BCUT2D eigenvalue weighted by Gasteiger charge is -2.29. The van der Waals surface area contributed by atoms with Crippen LogP contribution in [0.2, 0.25) is 0 Å². The van der Waals surface area contributed by atoms with E-state index in [0.29, 0.717) is 60.6 Å². The lowest BCUT2D eigenvalue weighted by molar-refractivity contribution is -0.192. The Labute approximate surface area is 245 Å². The van der Waals surface area contributed by atoms with Crippen molar-refractivity contribution in [2.75, 3.05) is 36.5 Å². The molecule has 234 valence electrons. The van der Waals surface area contributed by atoms with Crippen LogP contribution in [0.15, 0.2) is 48.7 Å². The first kappa shape index (κ1) is 32.1. The molecule has 0 spiro atoms. The molecule has 5 rings (SSSR count). The number of benzene rings is 2. The van der Waals surface area contributed by atoms with E-state index in [1.54, 1.807) is 32.0 Å². The first-order valence-electron chi connectivity index (χ1n) is 12.8. The minimum absolute atomic E-state index is 0.114.